The fourth-order valence-corrected chi connectivity index (χ4v) is 8.58. The standard InChI is InChI=1S/C48H39N/c1-33-28-37(38-23-25-45-43(30-38)42-20-9-10-21-44(42)48(45)26-11-4-12-27-48)22-24-41(33)39-19-13-18-36(29-39)40-31-46(34-14-5-2-6-15-34)49-47(32-40)35-16-7-3-8-17-35/h2-3,5-10,13-25,28-32H,4,11-12,26-27H2,1H3. The van der Waals surface area contributed by atoms with E-state index in [0.717, 1.165) is 28.1 Å². The molecule has 0 unspecified atom stereocenters. The molecule has 2 aliphatic rings. The second kappa shape index (κ2) is 12.2. The maximum absolute atomic E-state index is 5.09. The Labute approximate surface area is 290 Å². The number of pyridine rings is 1. The van der Waals surface area contributed by atoms with E-state index < -0.39 is 0 Å². The summed E-state index contributed by atoms with van der Waals surface area (Å²) in [5.41, 5.74) is 19.1. The smallest absolute Gasteiger partial charge is 0.0715 e. The van der Waals surface area contributed by atoms with Gasteiger partial charge < -0.3 is 0 Å². The van der Waals surface area contributed by atoms with E-state index in [-0.39, 0.29) is 5.41 Å². The lowest BCUT2D eigenvalue weighted by Gasteiger charge is -2.36. The number of hydrogen-bond donors (Lipinski definition) is 0. The zero-order chi connectivity index (χ0) is 32.8. The third-order valence-corrected chi connectivity index (χ3v) is 11.0. The number of aromatic nitrogens is 1. The second-order valence-electron chi connectivity index (χ2n) is 13.9. The number of aryl methyl sites for hydroxylation is 1. The highest BCUT2D eigenvalue weighted by Crippen LogP contribution is 2.56. The first-order chi connectivity index (χ1) is 24.2. The van der Waals surface area contributed by atoms with Crippen LogP contribution in [0.5, 0.6) is 0 Å². The molecule has 49 heavy (non-hydrogen) atoms. The number of rotatable bonds is 5. The summed E-state index contributed by atoms with van der Waals surface area (Å²) in [7, 11) is 0. The third-order valence-electron chi connectivity index (χ3n) is 11.0. The summed E-state index contributed by atoms with van der Waals surface area (Å²) in [6.07, 6.45) is 6.54. The number of hydrogen-bond acceptors (Lipinski definition) is 1. The molecule has 1 heteroatoms. The van der Waals surface area contributed by atoms with Crippen LogP contribution in [0.1, 0.15) is 48.8 Å². The van der Waals surface area contributed by atoms with Gasteiger partial charge in [-0.3, -0.25) is 0 Å². The van der Waals surface area contributed by atoms with Crippen molar-refractivity contribution in [2.75, 3.05) is 0 Å². The monoisotopic (exact) mass is 629 g/mol. The molecule has 0 radical (unpaired) electrons. The largest absolute Gasteiger partial charge is 0.248 e. The minimum absolute atomic E-state index is 0.200. The topological polar surface area (TPSA) is 12.9 Å². The SMILES string of the molecule is Cc1cc(-c2ccc3c(c2)-c2ccccc2C32CCCCC2)ccc1-c1cccc(-c2cc(-c3ccccc3)nc(-c3ccccc3)c2)c1. The van der Waals surface area contributed by atoms with E-state index in [2.05, 4.69) is 165 Å². The molecule has 0 N–H and O–H groups in total. The lowest BCUT2D eigenvalue weighted by atomic mass is 9.68. The average Bonchev–Trinajstić information content (AvgIpc) is 3.43. The van der Waals surface area contributed by atoms with Gasteiger partial charge in [0.1, 0.15) is 0 Å². The molecular weight excluding hydrogens is 591 g/mol. The highest BCUT2D eigenvalue weighted by Gasteiger charge is 2.43. The van der Waals surface area contributed by atoms with E-state index in [1.54, 1.807) is 11.1 Å². The molecule has 1 aromatic heterocycles. The van der Waals surface area contributed by atoms with Gasteiger partial charge in [-0.25, -0.2) is 4.98 Å². The molecule has 0 saturated heterocycles. The Kier molecular flexibility index (Phi) is 7.35. The Balaban J connectivity index is 1.08. The van der Waals surface area contributed by atoms with Crippen LogP contribution >= 0.6 is 0 Å². The van der Waals surface area contributed by atoms with Crippen molar-refractivity contribution in [3.63, 3.8) is 0 Å². The summed E-state index contributed by atoms with van der Waals surface area (Å²) in [6, 6.07) is 57.8. The summed E-state index contributed by atoms with van der Waals surface area (Å²) < 4.78 is 0. The van der Waals surface area contributed by atoms with Crippen molar-refractivity contribution in [2.24, 2.45) is 0 Å². The Bertz CT molecular complexity index is 2250. The van der Waals surface area contributed by atoms with Crippen molar-refractivity contribution in [3.8, 4) is 67.0 Å². The quantitative estimate of drug-likeness (QED) is 0.185. The van der Waals surface area contributed by atoms with Gasteiger partial charge in [0.05, 0.1) is 11.4 Å². The molecule has 1 saturated carbocycles. The Morgan fingerprint density at radius 2 is 0.959 bits per heavy atom. The fraction of sp³-hybridized carbons (Fsp3) is 0.146. The normalized spacial score (nSPS) is 14.4. The minimum Gasteiger partial charge on any atom is -0.248 e. The summed E-state index contributed by atoms with van der Waals surface area (Å²) >= 11 is 0. The number of nitrogens with zero attached hydrogens (tertiary/aromatic N) is 1. The first-order valence-corrected chi connectivity index (χ1v) is 17.8. The highest BCUT2D eigenvalue weighted by molar-refractivity contribution is 5.86. The predicted molar refractivity (Wildman–Crippen MR) is 205 cm³/mol. The van der Waals surface area contributed by atoms with Gasteiger partial charge in [-0.15, -0.1) is 0 Å². The van der Waals surface area contributed by atoms with E-state index in [1.165, 1.54) is 76.6 Å². The predicted octanol–water partition coefficient (Wildman–Crippen LogP) is 13.0. The lowest BCUT2D eigenvalue weighted by molar-refractivity contribution is 0.353. The van der Waals surface area contributed by atoms with Gasteiger partial charge in [0, 0.05) is 16.5 Å². The second-order valence-corrected chi connectivity index (χ2v) is 13.9. The highest BCUT2D eigenvalue weighted by atomic mass is 14.7. The van der Waals surface area contributed by atoms with Crippen molar-refractivity contribution in [1.82, 2.24) is 4.98 Å². The fourth-order valence-electron chi connectivity index (χ4n) is 8.58. The summed E-state index contributed by atoms with van der Waals surface area (Å²) in [5.74, 6) is 0. The van der Waals surface area contributed by atoms with Crippen LogP contribution < -0.4 is 0 Å². The van der Waals surface area contributed by atoms with Crippen LogP contribution in [0.3, 0.4) is 0 Å². The van der Waals surface area contributed by atoms with Gasteiger partial charge in [-0.05, 0) is 105 Å². The van der Waals surface area contributed by atoms with E-state index in [1.807, 2.05) is 0 Å². The van der Waals surface area contributed by atoms with Gasteiger partial charge in [-0.2, -0.15) is 0 Å². The van der Waals surface area contributed by atoms with Gasteiger partial charge >= 0.3 is 0 Å². The first kappa shape index (κ1) is 29.6. The first-order valence-electron chi connectivity index (χ1n) is 17.8. The molecule has 6 aromatic carbocycles. The summed E-state index contributed by atoms with van der Waals surface area (Å²) in [4.78, 5) is 5.09. The molecule has 0 aliphatic heterocycles. The summed E-state index contributed by atoms with van der Waals surface area (Å²) in [6.45, 7) is 2.25. The van der Waals surface area contributed by atoms with Crippen LogP contribution in [0.25, 0.3) is 67.0 Å². The van der Waals surface area contributed by atoms with Gasteiger partial charge in [0.25, 0.3) is 0 Å². The van der Waals surface area contributed by atoms with E-state index in [0.29, 0.717) is 0 Å². The molecule has 236 valence electrons. The molecule has 7 aromatic rings. The average molecular weight is 630 g/mol. The molecule has 0 atom stereocenters. The zero-order valence-corrected chi connectivity index (χ0v) is 28.0. The van der Waals surface area contributed by atoms with Gasteiger partial charge in [0.15, 0.2) is 0 Å². The molecule has 0 amide bonds. The Morgan fingerprint density at radius 1 is 0.388 bits per heavy atom. The third kappa shape index (κ3) is 5.22. The number of benzene rings is 6. The maximum atomic E-state index is 5.09. The van der Waals surface area contributed by atoms with Crippen LogP contribution in [0, 0.1) is 6.92 Å². The maximum Gasteiger partial charge on any atom is 0.0715 e. The molecule has 1 heterocycles. The van der Waals surface area contributed by atoms with Crippen LogP contribution in [0.2, 0.25) is 0 Å². The summed E-state index contributed by atoms with van der Waals surface area (Å²) in [5, 5.41) is 0. The molecular formula is C48H39N. The number of fused-ring (bicyclic) bond motifs is 5. The Hall–Kier alpha value is -5.53. The lowest BCUT2D eigenvalue weighted by Crippen LogP contribution is -2.27. The van der Waals surface area contributed by atoms with Gasteiger partial charge in [0.2, 0.25) is 0 Å². The van der Waals surface area contributed by atoms with Crippen molar-refractivity contribution in [1.29, 1.82) is 0 Å². The molecule has 1 spiro atoms. The van der Waals surface area contributed by atoms with Crippen LogP contribution in [0.15, 0.2) is 158 Å². The molecule has 0 bridgehead atoms. The minimum atomic E-state index is 0.200. The van der Waals surface area contributed by atoms with E-state index >= 15 is 0 Å². The zero-order valence-electron chi connectivity index (χ0n) is 28.0. The van der Waals surface area contributed by atoms with E-state index in [9.17, 15) is 0 Å². The van der Waals surface area contributed by atoms with Crippen molar-refractivity contribution in [2.45, 2.75) is 44.4 Å². The van der Waals surface area contributed by atoms with E-state index in [4.69, 9.17) is 4.98 Å². The van der Waals surface area contributed by atoms with Crippen LogP contribution in [0.4, 0.5) is 0 Å². The Morgan fingerprint density at radius 3 is 1.67 bits per heavy atom. The van der Waals surface area contributed by atoms with Crippen molar-refractivity contribution < 1.29 is 0 Å². The molecule has 1 nitrogen and oxygen atoms in total. The molecule has 1 fully saturated rings. The van der Waals surface area contributed by atoms with Crippen LogP contribution in [-0.2, 0) is 5.41 Å². The van der Waals surface area contributed by atoms with Crippen molar-refractivity contribution >= 4 is 0 Å². The van der Waals surface area contributed by atoms with Crippen molar-refractivity contribution in [3.05, 3.63) is 174 Å². The van der Waals surface area contributed by atoms with Crippen LogP contribution in [-0.4, -0.2) is 4.98 Å². The molecule has 2 aliphatic carbocycles. The van der Waals surface area contributed by atoms with Gasteiger partial charge in [-0.1, -0.05) is 153 Å². The molecule has 9 rings (SSSR count).